The molecule has 2 aromatic heterocycles. The van der Waals surface area contributed by atoms with Gasteiger partial charge in [-0.1, -0.05) is 0 Å². The van der Waals surface area contributed by atoms with Gasteiger partial charge in [0.1, 0.15) is 43.0 Å². The van der Waals surface area contributed by atoms with Crippen LogP contribution in [0.4, 0.5) is 5.82 Å². The molecular formula is C10H13N5O4PS+. The fourth-order valence-corrected chi connectivity index (χ4v) is 2.73. The van der Waals surface area contributed by atoms with Gasteiger partial charge in [-0.15, -0.1) is 4.52 Å². The number of anilines is 1. The second-order valence-corrected chi connectivity index (χ2v) is 6.26. The highest BCUT2D eigenvalue weighted by Gasteiger charge is 2.37. The van der Waals surface area contributed by atoms with E-state index in [-0.39, 0.29) is 12.4 Å². The third-order valence-electron chi connectivity index (χ3n) is 3.25. The van der Waals surface area contributed by atoms with Gasteiger partial charge in [-0.2, -0.15) is 0 Å². The molecule has 11 heteroatoms. The molecule has 3 rings (SSSR count). The Morgan fingerprint density at radius 1 is 1.57 bits per heavy atom. The number of hydrogen-bond donors (Lipinski definition) is 3. The molecule has 1 unspecified atom stereocenters. The second-order valence-electron chi connectivity index (χ2n) is 4.55. The monoisotopic (exact) mass is 330 g/mol. The van der Waals surface area contributed by atoms with Crippen molar-refractivity contribution in [3.63, 3.8) is 0 Å². The summed E-state index contributed by atoms with van der Waals surface area (Å²) in [5.74, 6) is 0.282. The highest BCUT2D eigenvalue weighted by Crippen LogP contribution is 2.34. The van der Waals surface area contributed by atoms with Crippen LogP contribution in [-0.2, 0) is 13.8 Å². The zero-order valence-electron chi connectivity index (χ0n) is 10.7. The molecule has 0 saturated carbocycles. The van der Waals surface area contributed by atoms with E-state index in [1.807, 2.05) is 0 Å². The van der Waals surface area contributed by atoms with Crippen LogP contribution in [-0.4, -0.2) is 43.4 Å². The molecule has 0 amide bonds. The van der Waals surface area contributed by atoms with Crippen LogP contribution in [0.15, 0.2) is 12.7 Å². The quantitative estimate of drug-likeness (QED) is 0.551. The van der Waals surface area contributed by atoms with Crippen LogP contribution in [0.1, 0.15) is 12.6 Å². The molecule has 0 aliphatic carbocycles. The maximum absolute atomic E-state index is 10.8. The molecule has 0 radical (unpaired) electrons. The number of thiol groups is 1. The standard InChI is InChI=1S/C10H12N5O4PS/c11-9-8-10(13-3-12-9)15(4-14-8)7-1-5(16)6(19-7)2-18-20(17)21/h3-7,16H,1-2H2,(H2-,11,12,13,17,21)/p+1/t5-,6+,7+/m0/s1. The maximum Gasteiger partial charge on any atom is 0.582 e. The summed E-state index contributed by atoms with van der Waals surface area (Å²) >= 11 is 3.65. The largest absolute Gasteiger partial charge is 0.582 e. The van der Waals surface area contributed by atoms with E-state index in [9.17, 15) is 9.67 Å². The Labute approximate surface area is 125 Å². The predicted molar refractivity (Wildman–Crippen MR) is 76.8 cm³/mol. The zero-order valence-corrected chi connectivity index (χ0v) is 12.5. The minimum absolute atomic E-state index is 0.000122. The van der Waals surface area contributed by atoms with Gasteiger partial charge in [0.2, 0.25) is 0 Å². The number of aromatic nitrogens is 4. The Balaban J connectivity index is 1.81. The summed E-state index contributed by atoms with van der Waals surface area (Å²) in [7, 11) is -2.03. The zero-order chi connectivity index (χ0) is 15.0. The average molecular weight is 330 g/mol. The number of hydrogen-bond acceptors (Lipinski definition) is 8. The summed E-state index contributed by atoms with van der Waals surface area (Å²) in [4.78, 5) is 12.1. The summed E-state index contributed by atoms with van der Waals surface area (Å²) in [6.07, 6.45) is 1.44. The first-order valence-electron chi connectivity index (χ1n) is 6.12. The molecular weight excluding hydrogens is 317 g/mol. The van der Waals surface area contributed by atoms with Gasteiger partial charge in [-0.3, -0.25) is 4.57 Å². The van der Waals surface area contributed by atoms with Crippen molar-refractivity contribution in [2.75, 3.05) is 12.3 Å². The van der Waals surface area contributed by atoms with Gasteiger partial charge in [0.05, 0.1) is 12.4 Å². The lowest BCUT2D eigenvalue weighted by Gasteiger charge is -2.13. The summed E-state index contributed by atoms with van der Waals surface area (Å²) < 4.78 is 23.1. The molecule has 1 saturated heterocycles. The van der Waals surface area contributed by atoms with Crippen LogP contribution in [0.25, 0.3) is 11.2 Å². The minimum Gasteiger partial charge on any atom is -0.390 e. The van der Waals surface area contributed by atoms with Crippen molar-refractivity contribution in [3.05, 3.63) is 12.7 Å². The summed E-state index contributed by atoms with van der Waals surface area (Å²) in [6.45, 7) is 0.000122. The highest BCUT2D eigenvalue weighted by atomic mass is 32.7. The van der Waals surface area contributed by atoms with Gasteiger partial charge < -0.3 is 15.6 Å². The Morgan fingerprint density at radius 3 is 3.14 bits per heavy atom. The number of aliphatic hydroxyl groups excluding tert-OH is 1. The minimum atomic E-state index is -2.03. The molecule has 9 nitrogen and oxygen atoms in total. The van der Waals surface area contributed by atoms with E-state index in [1.165, 1.54) is 12.7 Å². The lowest BCUT2D eigenvalue weighted by atomic mass is 10.2. The number of ether oxygens (including phenoxy) is 1. The first kappa shape index (κ1) is 14.6. The molecule has 1 fully saturated rings. The molecule has 0 bridgehead atoms. The Bertz CT molecular complexity index is 683. The summed E-state index contributed by atoms with van der Waals surface area (Å²) in [5, 5.41) is 9.98. The second kappa shape index (κ2) is 5.82. The Kier molecular flexibility index (Phi) is 4.05. The van der Waals surface area contributed by atoms with Crippen LogP contribution in [0, 0.1) is 0 Å². The van der Waals surface area contributed by atoms with E-state index in [0.29, 0.717) is 17.6 Å². The normalized spacial score (nSPS) is 26.4. The number of rotatable bonds is 4. The molecule has 21 heavy (non-hydrogen) atoms. The smallest absolute Gasteiger partial charge is 0.390 e. The van der Waals surface area contributed by atoms with E-state index >= 15 is 0 Å². The Hall–Kier alpha value is -1.32. The lowest BCUT2D eigenvalue weighted by molar-refractivity contribution is -0.0364. The summed E-state index contributed by atoms with van der Waals surface area (Å²) in [6, 6.07) is 0. The molecule has 4 atom stereocenters. The third kappa shape index (κ3) is 2.85. The topological polar surface area (TPSA) is 125 Å². The average Bonchev–Trinajstić information content (AvgIpc) is 3.01. The predicted octanol–water partition coefficient (Wildman–Crippen LogP) is 0.661. The van der Waals surface area contributed by atoms with Gasteiger partial charge in [-0.25, -0.2) is 15.0 Å². The van der Waals surface area contributed by atoms with Crippen molar-refractivity contribution in [1.29, 1.82) is 0 Å². The van der Waals surface area contributed by atoms with Gasteiger partial charge in [0.25, 0.3) is 0 Å². The van der Waals surface area contributed by atoms with Gasteiger partial charge in [-0.05, 0) is 4.57 Å². The SMILES string of the molecule is Nc1ncnc2c1ncn2[C@H]1C[C@H](O)[C@@H](CO[P+](=O)S)O1. The molecule has 0 spiro atoms. The van der Waals surface area contributed by atoms with E-state index in [0.717, 1.165) is 0 Å². The van der Waals surface area contributed by atoms with E-state index in [2.05, 4.69) is 27.2 Å². The van der Waals surface area contributed by atoms with Crippen molar-refractivity contribution in [2.45, 2.75) is 24.9 Å². The number of nitrogens with zero attached hydrogens (tertiary/aromatic N) is 4. The van der Waals surface area contributed by atoms with Crippen LogP contribution in [0.2, 0.25) is 0 Å². The molecule has 1 aliphatic rings. The molecule has 3 heterocycles. The van der Waals surface area contributed by atoms with Gasteiger partial charge >= 0.3 is 7.23 Å². The number of aliphatic hydroxyl groups is 1. The van der Waals surface area contributed by atoms with E-state index < -0.39 is 25.7 Å². The molecule has 1 aliphatic heterocycles. The number of nitrogens with two attached hydrogens (primary N) is 1. The first-order valence-corrected chi connectivity index (χ1v) is 8.45. The molecule has 0 aromatic carbocycles. The van der Waals surface area contributed by atoms with Crippen molar-refractivity contribution < 1.29 is 18.9 Å². The van der Waals surface area contributed by atoms with Crippen LogP contribution in [0.5, 0.6) is 0 Å². The van der Waals surface area contributed by atoms with Gasteiger partial charge in [0.15, 0.2) is 11.5 Å². The number of fused-ring (bicyclic) bond motifs is 1. The van der Waals surface area contributed by atoms with Crippen LogP contribution < -0.4 is 5.73 Å². The van der Waals surface area contributed by atoms with Crippen molar-refractivity contribution >= 4 is 36.5 Å². The number of nitrogen functional groups attached to an aromatic ring is 1. The number of imidazole rings is 1. The van der Waals surface area contributed by atoms with Crippen LogP contribution >= 0.6 is 19.5 Å². The molecule has 112 valence electrons. The van der Waals surface area contributed by atoms with E-state index in [4.69, 9.17) is 15.0 Å². The first-order chi connectivity index (χ1) is 10.1. The molecule has 2 aromatic rings. The third-order valence-corrected chi connectivity index (χ3v) is 3.97. The van der Waals surface area contributed by atoms with Crippen LogP contribution in [0.3, 0.4) is 0 Å². The van der Waals surface area contributed by atoms with Gasteiger partial charge in [0, 0.05) is 6.42 Å². The van der Waals surface area contributed by atoms with Crippen molar-refractivity contribution in [2.24, 2.45) is 0 Å². The lowest BCUT2D eigenvalue weighted by Crippen LogP contribution is -2.25. The van der Waals surface area contributed by atoms with E-state index in [1.54, 1.807) is 4.57 Å². The summed E-state index contributed by atoms with van der Waals surface area (Å²) in [5.41, 5.74) is 6.74. The van der Waals surface area contributed by atoms with Crippen molar-refractivity contribution in [3.8, 4) is 0 Å². The fraction of sp³-hybridized carbons (Fsp3) is 0.500. The fourth-order valence-electron chi connectivity index (χ4n) is 2.25. The highest BCUT2D eigenvalue weighted by molar-refractivity contribution is 8.39. The molecule has 3 N–H and O–H groups in total. The Morgan fingerprint density at radius 2 is 2.38 bits per heavy atom. The maximum atomic E-state index is 10.8. The van der Waals surface area contributed by atoms with Crippen molar-refractivity contribution in [1.82, 2.24) is 19.5 Å².